The second-order valence-corrected chi connectivity index (χ2v) is 4.56. The molecule has 0 bridgehead atoms. The van der Waals surface area contributed by atoms with Crippen LogP contribution in [0.25, 0.3) is 11.5 Å². The van der Waals surface area contributed by atoms with E-state index in [1.807, 2.05) is 30.3 Å². The molecule has 1 N–H and O–H groups in total. The number of amides is 1. The number of carbonyl (C=O) groups is 1. The zero-order valence-corrected chi connectivity index (χ0v) is 11.7. The molecule has 0 spiro atoms. The molecular weight excluding hydrogens is 284 g/mol. The van der Waals surface area contributed by atoms with E-state index < -0.39 is 6.09 Å². The maximum atomic E-state index is 11.7. The molecule has 0 fully saturated rings. The fourth-order valence-electron chi connectivity index (χ4n) is 1.93. The van der Waals surface area contributed by atoms with Crippen molar-refractivity contribution in [1.82, 2.24) is 10.5 Å². The van der Waals surface area contributed by atoms with Crippen molar-refractivity contribution in [2.24, 2.45) is 0 Å². The van der Waals surface area contributed by atoms with Crippen molar-refractivity contribution in [1.29, 1.82) is 0 Å². The van der Waals surface area contributed by atoms with Crippen LogP contribution in [0, 0.1) is 0 Å². The molecule has 0 unspecified atom stereocenters. The highest BCUT2D eigenvalue weighted by Crippen LogP contribution is 2.23. The highest BCUT2D eigenvalue weighted by atomic mass is 16.6. The van der Waals surface area contributed by atoms with Crippen molar-refractivity contribution in [2.45, 2.75) is 6.42 Å². The van der Waals surface area contributed by atoms with Crippen molar-refractivity contribution >= 4 is 6.09 Å². The van der Waals surface area contributed by atoms with E-state index in [1.54, 1.807) is 12.1 Å². The van der Waals surface area contributed by atoms with E-state index in [0.29, 0.717) is 18.1 Å². The predicted octanol–water partition coefficient (Wildman–Crippen LogP) is 3.27. The Morgan fingerprint density at radius 1 is 1.14 bits per heavy atom. The number of furan rings is 1. The largest absolute Gasteiger partial charge is 0.461 e. The van der Waals surface area contributed by atoms with Gasteiger partial charge in [-0.3, -0.25) is 0 Å². The molecule has 3 aromatic rings. The summed E-state index contributed by atoms with van der Waals surface area (Å²) in [5.74, 6) is 1.01. The molecule has 2 aromatic heterocycles. The number of ether oxygens (including phenoxy) is 1. The van der Waals surface area contributed by atoms with Gasteiger partial charge in [-0.05, 0) is 29.3 Å². The van der Waals surface area contributed by atoms with Gasteiger partial charge in [-0.15, -0.1) is 0 Å². The van der Waals surface area contributed by atoms with Crippen LogP contribution in [0.2, 0.25) is 0 Å². The van der Waals surface area contributed by atoms with Crippen molar-refractivity contribution in [3.8, 4) is 17.4 Å². The lowest BCUT2D eigenvalue weighted by molar-refractivity contribution is 0.196. The predicted molar refractivity (Wildman–Crippen MR) is 78.4 cm³/mol. The Bertz CT molecular complexity index is 720. The normalized spacial score (nSPS) is 10.4. The molecule has 0 saturated heterocycles. The van der Waals surface area contributed by atoms with E-state index >= 15 is 0 Å². The lowest BCUT2D eigenvalue weighted by Gasteiger charge is -2.04. The minimum absolute atomic E-state index is 0.0867. The van der Waals surface area contributed by atoms with Gasteiger partial charge in [0, 0.05) is 6.54 Å². The van der Waals surface area contributed by atoms with E-state index in [-0.39, 0.29) is 5.88 Å². The summed E-state index contributed by atoms with van der Waals surface area (Å²) in [6, 6.07) is 14.8. The number of hydrogen-bond donors (Lipinski definition) is 1. The van der Waals surface area contributed by atoms with Crippen molar-refractivity contribution in [2.75, 3.05) is 6.54 Å². The molecular formula is C16H14N2O4. The van der Waals surface area contributed by atoms with Gasteiger partial charge in [0.2, 0.25) is 5.76 Å². The summed E-state index contributed by atoms with van der Waals surface area (Å²) in [5, 5.41) is 6.32. The number of rotatable bonds is 5. The first-order chi connectivity index (χ1) is 10.8. The number of hydrogen-bond acceptors (Lipinski definition) is 5. The van der Waals surface area contributed by atoms with Crippen LogP contribution < -0.4 is 10.1 Å². The lowest BCUT2D eigenvalue weighted by atomic mass is 10.1. The van der Waals surface area contributed by atoms with Crippen LogP contribution in [0.4, 0.5) is 4.79 Å². The fourth-order valence-corrected chi connectivity index (χ4v) is 1.93. The molecule has 0 aliphatic rings. The Labute approximate surface area is 126 Å². The average Bonchev–Trinajstić information content (AvgIpc) is 3.19. The van der Waals surface area contributed by atoms with E-state index in [4.69, 9.17) is 13.7 Å². The van der Waals surface area contributed by atoms with Crippen molar-refractivity contribution in [3.05, 3.63) is 60.4 Å². The van der Waals surface area contributed by atoms with Gasteiger partial charge in [0.25, 0.3) is 5.88 Å². The van der Waals surface area contributed by atoms with Gasteiger partial charge in [0.15, 0.2) is 5.76 Å². The minimum atomic E-state index is -0.574. The monoisotopic (exact) mass is 298 g/mol. The van der Waals surface area contributed by atoms with Crippen LogP contribution in [-0.2, 0) is 6.42 Å². The number of carbonyl (C=O) groups excluding carboxylic acids is 1. The number of nitrogens with one attached hydrogen (secondary N) is 1. The standard InChI is InChI=1S/C16H14N2O4/c19-16(17-9-8-12-5-2-1-3-6-12)21-15-11-14(22-18-15)13-7-4-10-20-13/h1-7,10-11H,8-9H2,(H,17,19). The van der Waals surface area contributed by atoms with Gasteiger partial charge in [-0.2, -0.15) is 0 Å². The van der Waals surface area contributed by atoms with Crippen LogP contribution in [0.5, 0.6) is 5.88 Å². The SMILES string of the molecule is O=C(NCCc1ccccc1)Oc1cc(-c2ccco2)on1. The van der Waals surface area contributed by atoms with Crippen LogP contribution in [0.3, 0.4) is 0 Å². The second kappa shape index (κ2) is 6.62. The Balaban J connectivity index is 1.48. The molecule has 0 radical (unpaired) electrons. The summed E-state index contributed by atoms with van der Waals surface area (Å²) < 4.78 is 15.2. The van der Waals surface area contributed by atoms with Crippen molar-refractivity contribution < 1.29 is 18.5 Å². The summed E-state index contributed by atoms with van der Waals surface area (Å²) in [7, 11) is 0. The number of benzene rings is 1. The van der Waals surface area contributed by atoms with Gasteiger partial charge >= 0.3 is 6.09 Å². The average molecular weight is 298 g/mol. The molecule has 0 aliphatic heterocycles. The Hall–Kier alpha value is -3.02. The summed E-state index contributed by atoms with van der Waals surface area (Å²) in [4.78, 5) is 11.7. The smallest absolute Gasteiger partial charge is 0.414 e. The molecule has 0 aliphatic carbocycles. The molecule has 1 amide bonds. The van der Waals surface area contributed by atoms with Gasteiger partial charge in [-0.25, -0.2) is 4.79 Å². The van der Waals surface area contributed by atoms with E-state index in [2.05, 4.69) is 10.5 Å². The van der Waals surface area contributed by atoms with Crippen molar-refractivity contribution in [3.63, 3.8) is 0 Å². The van der Waals surface area contributed by atoms with E-state index in [0.717, 1.165) is 12.0 Å². The van der Waals surface area contributed by atoms with E-state index in [1.165, 1.54) is 12.3 Å². The third-order valence-electron chi connectivity index (χ3n) is 2.98. The molecule has 6 nitrogen and oxygen atoms in total. The Morgan fingerprint density at radius 3 is 2.77 bits per heavy atom. The maximum Gasteiger partial charge on any atom is 0.414 e. The van der Waals surface area contributed by atoms with E-state index in [9.17, 15) is 4.79 Å². The third kappa shape index (κ3) is 3.54. The molecule has 22 heavy (non-hydrogen) atoms. The molecule has 6 heteroatoms. The van der Waals surface area contributed by atoms with Gasteiger partial charge < -0.3 is 19.0 Å². The minimum Gasteiger partial charge on any atom is -0.461 e. The Morgan fingerprint density at radius 2 is 2.00 bits per heavy atom. The number of aromatic nitrogens is 1. The topological polar surface area (TPSA) is 77.5 Å². The molecule has 3 rings (SSSR count). The van der Waals surface area contributed by atoms with Crippen LogP contribution in [0.1, 0.15) is 5.56 Å². The summed E-state index contributed by atoms with van der Waals surface area (Å²) in [6.45, 7) is 0.478. The molecule has 112 valence electrons. The lowest BCUT2D eigenvalue weighted by Crippen LogP contribution is -2.28. The van der Waals surface area contributed by atoms with Gasteiger partial charge in [-0.1, -0.05) is 30.3 Å². The second-order valence-electron chi connectivity index (χ2n) is 4.56. The molecule has 1 aromatic carbocycles. The van der Waals surface area contributed by atoms with Crippen LogP contribution in [-0.4, -0.2) is 17.8 Å². The van der Waals surface area contributed by atoms with Gasteiger partial charge in [0.1, 0.15) is 0 Å². The first-order valence-electron chi connectivity index (χ1n) is 6.81. The quantitative estimate of drug-likeness (QED) is 0.782. The maximum absolute atomic E-state index is 11.7. The number of nitrogens with zero attached hydrogens (tertiary/aromatic N) is 1. The highest BCUT2D eigenvalue weighted by molar-refractivity contribution is 5.70. The molecule has 0 saturated carbocycles. The Kier molecular flexibility index (Phi) is 4.20. The molecule has 0 atom stereocenters. The summed E-state index contributed by atoms with van der Waals surface area (Å²) >= 11 is 0. The summed E-state index contributed by atoms with van der Waals surface area (Å²) in [6.07, 6.45) is 1.68. The zero-order valence-electron chi connectivity index (χ0n) is 11.7. The third-order valence-corrected chi connectivity index (χ3v) is 2.98. The first kappa shape index (κ1) is 13.9. The fraction of sp³-hybridized carbons (Fsp3) is 0.125. The van der Waals surface area contributed by atoms with Crippen LogP contribution >= 0.6 is 0 Å². The molecule has 2 heterocycles. The first-order valence-corrected chi connectivity index (χ1v) is 6.81. The van der Waals surface area contributed by atoms with Crippen LogP contribution in [0.15, 0.2) is 63.7 Å². The van der Waals surface area contributed by atoms with Gasteiger partial charge in [0.05, 0.1) is 12.3 Å². The zero-order chi connectivity index (χ0) is 15.2. The summed E-state index contributed by atoms with van der Waals surface area (Å²) in [5.41, 5.74) is 1.14. The highest BCUT2D eigenvalue weighted by Gasteiger charge is 2.12.